The highest BCUT2D eigenvalue weighted by Gasteiger charge is 2.22. The molecule has 1 amide bonds. The predicted molar refractivity (Wildman–Crippen MR) is 155 cm³/mol. The summed E-state index contributed by atoms with van der Waals surface area (Å²) in [7, 11) is 1.78. The number of aromatic nitrogens is 5. The largest absolute Gasteiger partial charge is 0.483 e. The number of halogens is 1. The molecule has 4 aromatic rings. The van der Waals surface area contributed by atoms with Gasteiger partial charge in [-0.2, -0.15) is 0 Å². The molecule has 0 radical (unpaired) electrons. The maximum absolute atomic E-state index is 13.1. The lowest BCUT2D eigenvalue weighted by molar-refractivity contribution is -0.113. The fraction of sp³-hybridized carbons (Fsp3) is 0.286. The summed E-state index contributed by atoms with van der Waals surface area (Å²) in [4.78, 5) is 26.0. The van der Waals surface area contributed by atoms with Gasteiger partial charge < -0.3 is 10.1 Å². The van der Waals surface area contributed by atoms with Crippen molar-refractivity contribution < 1.29 is 9.53 Å². The molecule has 1 atom stereocenters. The van der Waals surface area contributed by atoms with E-state index < -0.39 is 6.10 Å². The number of rotatable bonds is 10. The Morgan fingerprint density at radius 2 is 1.85 bits per heavy atom. The van der Waals surface area contributed by atoms with Gasteiger partial charge in [0.15, 0.2) is 17.1 Å². The molecular weight excluding hydrogens is 536 g/mol. The van der Waals surface area contributed by atoms with Gasteiger partial charge in [0.05, 0.1) is 17.1 Å². The highest BCUT2D eigenvalue weighted by molar-refractivity contribution is 7.99. The van der Waals surface area contributed by atoms with Crippen LogP contribution in [0.1, 0.15) is 35.7 Å². The van der Waals surface area contributed by atoms with Gasteiger partial charge in [0.1, 0.15) is 11.4 Å². The van der Waals surface area contributed by atoms with Crippen LogP contribution in [0.2, 0.25) is 5.02 Å². The number of aryl methyl sites for hydroxylation is 2. The number of nitrogens with zero attached hydrogens (tertiary/aromatic N) is 5. The van der Waals surface area contributed by atoms with Gasteiger partial charge in [-0.15, -0.1) is 16.8 Å². The first-order valence-corrected chi connectivity index (χ1v) is 13.7. The molecule has 0 aliphatic heterocycles. The van der Waals surface area contributed by atoms with Gasteiger partial charge in [0.25, 0.3) is 5.56 Å². The topological polar surface area (TPSA) is 96.0 Å². The third-order valence-electron chi connectivity index (χ3n) is 6.29. The average Bonchev–Trinajstić information content (AvgIpc) is 3.40. The molecule has 2 aromatic heterocycles. The van der Waals surface area contributed by atoms with Crippen LogP contribution in [-0.4, -0.2) is 35.8 Å². The summed E-state index contributed by atoms with van der Waals surface area (Å²) in [5, 5.41) is 12.7. The second kappa shape index (κ2) is 12.0. The van der Waals surface area contributed by atoms with Crippen molar-refractivity contribution >= 4 is 35.0 Å². The number of hydrogen-bond donors (Lipinski definition) is 1. The zero-order valence-corrected chi connectivity index (χ0v) is 24.1. The van der Waals surface area contributed by atoms with E-state index in [0.29, 0.717) is 39.7 Å². The zero-order valence-electron chi connectivity index (χ0n) is 22.6. The van der Waals surface area contributed by atoms with Crippen LogP contribution in [0.15, 0.2) is 65.1 Å². The molecule has 39 heavy (non-hydrogen) atoms. The summed E-state index contributed by atoms with van der Waals surface area (Å²) in [5.41, 5.74) is 3.17. The molecule has 0 saturated heterocycles. The SMILES string of the molecule is C=CCn1c(SCC(=O)Nc2c(C)n(C)n(-c3ccccc3)c2=O)nnc1C(C)Oc1cc(C)c(Cl)c(C)c1. The lowest BCUT2D eigenvalue weighted by Crippen LogP contribution is -2.23. The number of carbonyl (C=O) groups excluding carboxylic acids is 1. The summed E-state index contributed by atoms with van der Waals surface area (Å²) in [6.45, 7) is 11.8. The van der Waals surface area contributed by atoms with Gasteiger partial charge in [-0.25, -0.2) is 4.68 Å². The molecule has 4 rings (SSSR count). The van der Waals surface area contributed by atoms with Crippen molar-refractivity contribution in [2.45, 2.75) is 45.5 Å². The van der Waals surface area contributed by atoms with E-state index in [1.807, 2.05) is 67.8 Å². The first-order valence-electron chi connectivity index (χ1n) is 12.4. The van der Waals surface area contributed by atoms with Gasteiger partial charge in [-0.1, -0.05) is 47.6 Å². The molecule has 1 N–H and O–H groups in total. The van der Waals surface area contributed by atoms with Crippen LogP contribution in [0.25, 0.3) is 5.69 Å². The number of thioether (sulfide) groups is 1. The maximum atomic E-state index is 13.1. The number of amides is 1. The van der Waals surface area contributed by atoms with Crippen LogP contribution < -0.4 is 15.6 Å². The van der Waals surface area contributed by atoms with E-state index >= 15 is 0 Å². The molecule has 2 aromatic carbocycles. The number of allylic oxidation sites excluding steroid dienone is 1. The molecule has 2 heterocycles. The fourth-order valence-corrected chi connectivity index (χ4v) is 5.12. The normalized spacial score (nSPS) is 11.8. The fourth-order valence-electron chi connectivity index (χ4n) is 4.26. The molecule has 11 heteroatoms. The zero-order chi connectivity index (χ0) is 28.3. The number of benzene rings is 2. The van der Waals surface area contributed by atoms with Crippen LogP contribution >= 0.6 is 23.4 Å². The van der Waals surface area contributed by atoms with Gasteiger partial charge >= 0.3 is 0 Å². The number of nitrogens with one attached hydrogen (secondary N) is 1. The van der Waals surface area contributed by atoms with Crippen molar-refractivity contribution in [3.05, 3.63) is 93.1 Å². The molecule has 1 unspecified atom stereocenters. The minimum Gasteiger partial charge on any atom is -0.483 e. The minimum atomic E-state index is -0.413. The maximum Gasteiger partial charge on any atom is 0.295 e. The quantitative estimate of drug-likeness (QED) is 0.204. The van der Waals surface area contributed by atoms with E-state index in [4.69, 9.17) is 16.3 Å². The average molecular weight is 567 g/mol. The lowest BCUT2D eigenvalue weighted by atomic mass is 10.1. The van der Waals surface area contributed by atoms with Crippen molar-refractivity contribution in [1.82, 2.24) is 24.1 Å². The summed E-state index contributed by atoms with van der Waals surface area (Å²) in [5.74, 6) is 1.01. The van der Waals surface area contributed by atoms with Crippen molar-refractivity contribution in [2.75, 3.05) is 11.1 Å². The van der Waals surface area contributed by atoms with Crippen LogP contribution in [0.4, 0.5) is 5.69 Å². The van der Waals surface area contributed by atoms with Crippen molar-refractivity contribution in [3.63, 3.8) is 0 Å². The summed E-state index contributed by atoms with van der Waals surface area (Å²) in [6.07, 6.45) is 1.32. The van der Waals surface area contributed by atoms with Crippen LogP contribution in [0.5, 0.6) is 5.75 Å². The Morgan fingerprint density at radius 3 is 2.49 bits per heavy atom. The van der Waals surface area contributed by atoms with Gasteiger partial charge in [0.2, 0.25) is 5.91 Å². The highest BCUT2D eigenvalue weighted by Crippen LogP contribution is 2.30. The third-order valence-corrected chi connectivity index (χ3v) is 7.86. The Balaban J connectivity index is 1.48. The first-order chi connectivity index (χ1) is 18.6. The molecule has 0 aliphatic rings. The Hall–Kier alpha value is -3.76. The Morgan fingerprint density at radius 1 is 1.18 bits per heavy atom. The van der Waals surface area contributed by atoms with Crippen molar-refractivity contribution in [1.29, 1.82) is 0 Å². The van der Waals surface area contributed by atoms with Crippen LogP contribution in [-0.2, 0) is 18.4 Å². The van der Waals surface area contributed by atoms with E-state index in [9.17, 15) is 9.59 Å². The molecular formula is C28H31ClN6O3S. The number of anilines is 1. The molecule has 0 bridgehead atoms. The third kappa shape index (κ3) is 5.97. The second-order valence-corrected chi connectivity index (χ2v) is 10.5. The summed E-state index contributed by atoms with van der Waals surface area (Å²) >= 11 is 7.52. The minimum absolute atomic E-state index is 0.0409. The lowest BCUT2D eigenvalue weighted by Gasteiger charge is -2.17. The molecule has 0 spiro atoms. The molecule has 0 aliphatic carbocycles. The molecule has 9 nitrogen and oxygen atoms in total. The number of carbonyl (C=O) groups is 1. The second-order valence-electron chi connectivity index (χ2n) is 9.14. The summed E-state index contributed by atoms with van der Waals surface area (Å²) in [6, 6.07) is 13.0. The molecule has 0 fully saturated rings. The Labute approximate surface area is 236 Å². The van der Waals surface area contributed by atoms with Gasteiger partial charge in [-0.05, 0) is 63.1 Å². The smallest absolute Gasteiger partial charge is 0.295 e. The number of hydrogen-bond acceptors (Lipinski definition) is 6. The monoisotopic (exact) mass is 566 g/mol. The van der Waals surface area contributed by atoms with E-state index in [-0.39, 0.29) is 22.9 Å². The number of para-hydroxylation sites is 1. The first kappa shape index (κ1) is 28.3. The van der Waals surface area contributed by atoms with E-state index in [0.717, 1.165) is 11.1 Å². The Kier molecular flexibility index (Phi) is 8.66. The Bertz CT molecular complexity index is 1550. The van der Waals surface area contributed by atoms with Crippen molar-refractivity contribution in [3.8, 4) is 11.4 Å². The standard InChI is InChI=1S/C28H31ClN6O3S/c1-7-13-34-26(20(5)38-22-14-17(2)24(29)18(3)15-22)31-32-28(34)39-16-23(36)30-25-19(4)33(6)35(27(25)37)21-11-9-8-10-12-21/h7-12,14-15,20H,1,13,16H2,2-6H3,(H,30,36). The highest BCUT2D eigenvalue weighted by atomic mass is 35.5. The van der Waals surface area contributed by atoms with Gasteiger partial charge in [0, 0.05) is 18.6 Å². The van der Waals surface area contributed by atoms with E-state index in [2.05, 4.69) is 22.1 Å². The van der Waals surface area contributed by atoms with Gasteiger partial charge in [-0.3, -0.25) is 18.8 Å². The molecule has 0 saturated carbocycles. The van der Waals surface area contributed by atoms with Crippen LogP contribution in [0, 0.1) is 20.8 Å². The van der Waals surface area contributed by atoms with E-state index in [1.165, 1.54) is 16.4 Å². The van der Waals surface area contributed by atoms with Crippen LogP contribution in [0.3, 0.4) is 0 Å². The predicted octanol–water partition coefficient (Wildman–Crippen LogP) is 5.40. The molecule has 204 valence electrons. The summed E-state index contributed by atoms with van der Waals surface area (Å²) < 4.78 is 11.3. The van der Waals surface area contributed by atoms with Crippen molar-refractivity contribution in [2.24, 2.45) is 7.05 Å². The number of ether oxygens (including phenoxy) is 1. The van der Waals surface area contributed by atoms with E-state index in [1.54, 1.807) is 24.7 Å².